The van der Waals surface area contributed by atoms with Gasteiger partial charge in [0.25, 0.3) is 10.0 Å². The summed E-state index contributed by atoms with van der Waals surface area (Å²) in [4.78, 5) is -0.332. The van der Waals surface area contributed by atoms with Crippen LogP contribution in [0.15, 0.2) is 52.3 Å². The number of hydrogen-bond acceptors (Lipinski definition) is 5. The Labute approximate surface area is 152 Å². The third-order valence-electron chi connectivity index (χ3n) is 3.49. The molecule has 142 valence electrons. The molecule has 10 heteroatoms. The van der Waals surface area contributed by atoms with Crippen LogP contribution in [0, 0.1) is 5.82 Å². The molecule has 0 unspecified atom stereocenters. The van der Waals surface area contributed by atoms with Crippen molar-refractivity contribution in [3.8, 4) is 0 Å². The molecule has 0 fully saturated rings. The Balaban J connectivity index is 2.52. The van der Waals surface area contributed by atoms with E-state index in [9.17, 15) is 21.2 Å². The first-order chi connectivity index (χ1) is 12.1. The number of benzene rings is 2. The van der Waals surface area contributed by atoms with Crippen LogP contribution in [0.4, 0.5) is 15.8 Å². The normalized spacial score (nSPS) is 12.2. The van der Waals surface area contributed by atoms with Crippen LogP contribution < -0.4 is 10.0 Å². The lowest BCUT2D eigenvalue weighted by Crippen LogP contribution is -2.22. The number of nitrogens with one attached hydrogen (secondary N) is 2. The van der Waals surface area contributed by atoms with Gasteiger partial charge in [0.1, 0.15) is 5.82 Å². The second-order valence-electron chi connectivity index (χ2n) is 5.59. The van der Waals surface area contributed by atoms with Crippen molar-refractivity contribution in [3.05, 3.63) is 48.3 Å². The first-order valence-corrected chi connectivity index (χ1v) is 10.6. The maximum absolute atomic E-state index is 13.4. The van der Waals surface area contributed by atoms with Crippen molar-refractivity contribution in [1.29, 1.82) is 0 Å². The molecule has 0 radical (unpaired) electrons. The van der Waals surface area contributed by atoms with E-state index in [1.807, 2.05) is 6.92 Å². The lowest BCUT2D eigenvalue weighted by atomic mass is 10.2. The molecule has 0 aliphatic carbocycles. The van der Waals surface area contributed by atoms with Gasteiger partial charge in [0.05, 0.1) is 21.2 Å². The van der Waals surface area contributed by atoms with Crippen molar-refractivity contribution in [2.45, 2.75) is 16.7 Å². The predicted molar refractivity (Wildman–Crippen MR) is 98.7 cm³/mol. The highest BCUT2D eigenvalue weighted by atomic mass is 32.2. The van der Waals surface area contributed by atoms with E-state index >= 15 is 0 Å². The summed E-state index contributed by atoms with van der Waals surface area (Å²) in [5, 5.41) is 2.96. The molecule has 0 bridgehead atoms. The Kier molecular flexibility index (Phi) is 5.89. The van der Waals surface area contributed by atoms with Crippen LogP contribution in [0.1, 0.15) is 6.92 Å². The highest BCUT2D eigenvalue weighted by Gasteiger charge is 2.22. The fourth-order valence-electron chi connectivity index (χ4n) is 2.16. The summed E-state index contributed by atoms with van der Waals surface area (Å²) in [5.41, 5.74) is 0.462. The van der Waals surface area contributed by atoms with Crippen molar-refractivity contribution < 1.29 is 21.2 Å². The topological polar surface area (TPSA) is 95.6 Å². The largest absolute Gasteiger partial charge is 0.384 e. The maximum Gasteiger partial charge on any atom is 0.262 e. The molecule has 2 aromatic carbocycles. The molecular formula is C16H20FN3O4S2. The van der Waals surface area contributed by atoms with Crippen LogP contribution in [-0.2, 0) is 20.0 Å². The van der Waals surface area contributed by atoms with Gasteiger partial charge in [-0.05, 0) is 43.3 Å². The van der Waals surface area contributed by atoms with Crippen molar-refractivity contribution >= 4 is 31.4 Å². The lowest BCUT2D eigenvalue weighted by Gasteiger charge is -2.17. The van der Waals surface area contributed by atoms with E-state index in [0.29, 0.717) is 12.2 Å². The SMILES string of the molecule is CCNc1ccc(S(=O)(=O)N(C)C)cc1NS(=O)(=O)c1cccc(F)c1. The number of hydrogen-bond donors (Lipinski definition) is 2. The van der Waals surface area contributed by atoms with Gasteiger partial charge < -0.3 is 5.32 Å². The molecule has 2 N–H and O–H groups in total. The summed E-state index contributed by atoms with van der Waals surface area (Å²) < 4.78 is 66.4. The molecule has 0 saturated heterocycles. The minimum Gasteiger partial charge on any atom is -0.384 e. The van der Waals surface area contributed by atoms with Crippen molar-refractivity contribution in [1.82, 2.24) is 4.31 Å². The molecule has 0 saturated carbocycles. The molecule has 0 heterocycles. The quantitative estimate of drug-likeness (QED) is 0.742. The van der Waals surface area contributed by atoms with E-state index in [1.54, 1.807) is 0 Å². The van der Waals surface area contributed by atoms with Crippen LogP contribution in [-0.4, -0.2) is 41.8 Å². The van der Waals surface area contributed by atoms with E-state index < -0.39 is 25.9 Å². The number of anilines is 2. The minimum absolute atomic E-state index is 0.0547. The van der Waals surface area contributed by atoms with Gasteiger partial charge in [-0.3, -0.25) is 4.72 Å². The maximum atomic E-state index is 13.4. The van der Waals surface area contributed by atoms with Crippen LogP contribution >= 0.6 is 0 Å². The van der Waals surface area contributed by atoms with E-state index in [4.69, 9.17) is 0 Å². The third-order valence-corrected chi connectivity index (χ3v) is 6.66. The Morgan fingerprint density at radius 1 is 0.962 bits per heavy atom. The molecule has 0 aliphatic heterocycles. The minimum atomic E-state index is -4.10. The van der Waals surface area contributed by atoms with Crippen LogP contribution in [0.2, 0.25) is 0 Å². The van der Waals surface area contributed by atoms with Gasteiger partial charge in [-0.15, -0.1) is 0 Å². The average molecular weight is 401 g/mol. The van der Waals surface area contributed by atoms with Crippen LogP contribution in [0.3, 0.4) is 0 Å². The van der Waals surface area contributed by atoms with E-state index in [0.717, 1.165) is 16.4 Å². The summed E-state index contributed by atoms with van der Waals surface area (Å²) >= 11 is 0. The molecule has 2 aromatic rings. The Bertz CT molecular complexity index is 1010. The smallest absolute Gasteiger partial charge is 0.262 e. The van der Waals surface area contributed by atoms with Gasteiger partial charge >= 0.3 is 0 Å². The number of nitrogens with zero attached hydrogens (tertiary/aromatic N) is 1. The zero-order valence-corrected chi connectivity index (χ0v) is 16.2. The molecule has 26 heavy (non-hydrogen) atoms. The molecule has 0 spiro atoms. The second-order valence-corrected chi connectivity index (χ2v) is 9.42. The van der Waals surface area contributed by atoms with Gasteiger partial charge in [-0.25, -0.2) is 25.5 Å². The van der Waals surface area contributed by atoms with E-state index in [2.05, 4.69) is 10.0 Å². The first-order valence-electron chi connectivity index (χ1n) is 7.67. The fraction of sp³-hybridized carbons (Fsp3) is 0.250. The zero-order valence-electron chi connectivity index (χ0n) is 14.5. The number of halogens is 1. The monoisotopic (exact) mass is 401 g/mol. The zero-order chi connectivity index (χ0) is 19.5. The molecular weight excluding hydrogens is 381 g/mol. The first kappa shape index (κ1) is 20.1. The standard InChI is InChI=1S/C16H20FN3O4S2/c1-4-18-15-9-8-14(26(23,24)20(2)3)11-16(15)19-25(21,22)13-7-5-6-12(17)10-13/h5-11,18-19H,4H2,1-3H3. The van der Waals surface area contributed by atoms with Crippen molar-refractivity contribution in [2.75, 3.05) is 30.7 Å². The van der Waals surface area contributed by atoms with Crippen molar-refractivity contribution in [3.63, 3.8) is 0 Å². The van der Waals surface area contributed by atoms with Gasteiger partial charge in [0.15, 0.2) is 0 Å². The number of sulfonamides is 2. The molecule has 0 aromatic heterocycles. The summed E-state index contributed by atoms with van der Waals surface area (Å²) in [6.45, 7) is 2.31. The number of rotatable bonds is 7. The fourth-order valence-corrected chi connectivity index (χ4v) is 4.19. The van der Waals surface area contributed by atoms with E-state index in [-0.39, 0.29) is 15.5 Å². The van der Waals surface area contributed by atoms with Gasteiger partial charge in [0, 0.05) is 20.6 Å². The molecule has 0 amide bonds. The molecule has 7 nitrogen and oxygen atoms in total. The summed E-state index contributed by atoms with van der Waals surface area (Å²) in [5.74, 6) is -0.691. The predicted octanol–water partition coefficient (Wildman–Crippen LogP) is 2.31. The average Bonchev–Trinajstić information content (AvgIpc) is 2.56. The molecule has 0 atom stereocenters. The lowest BCUT2D eigenvalue weighted by molar-refractivity contribution is 0.521. The summed E-state index contributed by atoms with van der Waals surface area (Å²) in [6, 6.07) is 8.63. The highest BCUT2D eigenvalue weighted by molar-refractivity contribution is 7.92. The summed E-state index contributed by atoms with van der Waals surface area (Å²) in [6.07, 6.45) is 0. The summed E-state index contributed by atoms with van der Waals surface area (Å²) in [7, 11) is -5.09. The third kappa shape index (κ3) is 4.32. The van der Waals surface area contributed by atoms with E-state index in [1.165, 1.54) is 44.4 Å². The van der Waals surface area contributed by atoms with Gasteiger partial charge in [-0.2, -0.15) is 0 Å². The van der Waals surface area contributed by atoms with Gasteiger partial charge in [0.2, 0.25) is 10.0 Å². The van der Waals surface area contributed by atoms with Crippen molar-refractivity contribution in [2.24, 2.45) is 0 Å². The highest BCUT2D eigenvalue weighted by Crippen LogP contribution is 2.29. The second kappa shape index (κ2) is 7.60. The van der Waals surface area contributed by atoms with Crippen LogP contribution in [0.5, 0.6) is 0 Å². The Hall–Kier alpha value is -2.17. The van der Waals surface area contributed by atoms with Crippen LogP contribution in [0.25, 0.3) is 0 Å². The van der Waals surface area contributed by atoms with Gasteiger partial charge in [-0.1, -0.05) is 6.07 Å². The Morgan fingerprint density at radius 3 is 2.23 bits per heavy atom. The Morgan fingerprint density at radius 2 is 1.65 bits per heavy atom. The molecule has 0 aliphatic rings. The molecule has 2 rings (SSSR count).